The van der Waals surface area contributed by atoms with Crippen molar-refractivity contribution in [1.29, 1.82) is 0 Å². The lowest BCUT2D eigenvalue weighted by Gasteiger charge is -2.11. The number of rotatable bonds is 6. The number of amides is 2. The monoisotopic (exact) mass is 316 g/mol. The van der Waals surface area contributed by atoms with Crippen molar-refractivity contribution >= 4 is 17.5 Å². The van der Waals surface area contributed by atoms with Crippen LogP contribution < -0.4 is 15.4 Å². The average molecular weight is 316 g/mol. The summed E-state index contributed by atoms with van der Waals surface area (Å²) in [4.78, 5) is 24.4. The molecule has 1 aromatic rings. The van der Waals surface area contributed by atoms with Crippen LogP contribution in [0.3, 0.4) is 0 Å². The first kappa shape index (κ1) is 15.8. The Hall–Kier alpha value is -2.04. The largest absolute Gasteiger partial charge is 0.494 e. The van der Waals surface area contributed by atoms with E-state index in [0.717, 1.165) is 24.3 Å². The minimum absolute atomic E-state index is 0.0451. The fourth-order valence-electron chi connectivity index (χ4n) is 3.19. The van der Waals surface area contributed by atoms with Crippen LogP contribution in [0.25, 0.3) is 0 Å². The maximum Gasteiger partial charge on any atom is 0.228 e. The molecule has 0 aliphatic heterocycles. The molecule has 3 rings (SSSR count). The van der Waals surface area contributed by atoms with Gasteiger partial charge in [0.05, 0.1) is 18.4 Å². The van der Waals surface area contributed by atoms with Crippen molar-refractivity contribution in [1.82, 2.24) is 5.32 Å². The summed E-state index contributed by atoms with van der Waals surface area (Å²) in [6, 6.07) is 7.61. The van der Waals surface area contributed by atoms with E-state index in [4.69, 9.17) is 4.74 Å². The number of benzene rings is 1. The molecule has 2 unspecified atom stereocenters. The molecule has 124 valence electrons. The van der Waals surface area contributed by atoms with E-state index >= 15 is 0 Å². The molecular weight excluding hydrogens is 292 g/mol. The Kier molecular flexibility index (Phi) is 4.84. The molecule has 0 saturated heterocycles. The van der Waals surface area contributed by atoms with Crippen LogP contribution in [0.15, 0.2) is 24.3 Å². The third-order valence-corrected chi connectivity index (χ3v) is 4.60. The highest BCUT2D eigenvalue weighted by molar-refractivity contribution is 5.99. The Morgan fingerprint density at radius 1 is 1.09 bits per heavy atom. The molecule has 0 heterocycles. The summed E-state index contributed by atoms with van der Waals surface area (Å²) in [7, 11) is 0. The second-order valence-electron chi connectivity index (χ2n) is 6.39. The first-order chi connectivity index (χ1) is 11.2. The van der Waals surface area contributed by atoms with Gasteiger partial charge in [0.25, 0.3) is 0 Å². The topological polar surface area (TPSA) is 67.4 Å². The molecule has 5 heteroatoms. The van der Waals surface area contributed by atoms with Gasteiger partial charge in [0, 0.05) is 11.7 Å². The lowest BCUT2D eigenvalue weighted by Crippen LogP contribution is -2.34. The van der Waals surface area contributed by atoms with Gasteiger partial charge in [-0.1, -0.05) is 12.8 Å². The summed E-state index contributed by atoms with van der Waals surface area (Å²) in [5.74, 6) is 0.413. The fourth-order valence-corrected chi connectivity index (χ4v) is 3.19. The maximum absolute atomic E-state index is 12.2. The summed E-state index contributed by atoms with van der Waals surface area (Å²) in [6.45, 7) is 2.55. The number of ether oxygens (including phenoxy) is 1. The van der Waals surface area contributed by atoms with E-state index < -0.39 is 0 Å². The molecule has 2 N–H and O–H groups in total. The normalized spacial score (nSPS) is 23.3. The smallest absolute Gasteiger partial charge is 0.228 e. The summed E-state index contributed by atoms with van der Waals surface area (Å²) >= 11 is 0. The summed E-state index contributed by atoms with van der Waals surface area (Å²) < 4.78 is 5.37. The maximum atomic E-state index is 12.2. The molecule has 2 amide bonds. The van der Waals surface area contributed by atoms with Crippen LogP contribution in [0.2, 0.25) is 0 Å². The van der Waals surface area contributed by atoms with Crippen LogP contribution in [0.5, 0.6) is 5.75 Å². The van der Waals surface area contributed by atoms with Crippen LogP contribution in [-0.4, -0.2) is 24.5 Å². The van der Waals surface area contributed by atoms with E-state index in [-0.39, 0.29) is 23.7 Å². The molecule has 2 atom stereocenters. The number of hydrogen-bond acceptors (Lipinski definition) is 3. The molecular formula is C18H24N2O3. The SMILES string of the molecule is CCOc1ccc(NC(=O)C2CC2C(=O)NC2CCCC2)cc1. The summed E-state index contributed by atoms with van der Waals surface area (Å²) in [5.41, 5.74) is 0.736. The zero-order chi connectivity index (χ0) is 16.2. The second-order valence-corrected chi connectivity index (χ2v) is 6.39. The molecule has 2 saturated carbocycles. The Morgan fingerprint density at radius 3 is 2.39 bits per heavy atom. The van der Waals surface area contributed by atoms with E-state index in [9.17, 15) is 9.59 Å². The van der Waals surface area contributed by atoms with Gasteiger partial charge in [0.1, 0.15) is 5.75 Å². The van der Waals surface area contributed by atoms with Crippen molar-refractivity contribution in [3.8, 4) is 5.75 Å². The van der Waals surface area contributed by atoms with Crippen LogP contribution in [-0.2, 0) is 9.59 Å². The predicted molar refractivity (Wildman–Crippen MR) is 88.2 cm³/mol. The van der Waals surface area contributed by atoms with E-state index in [2.05, 4.69) is 10.6 Å². The van der Waals surface area contributed by atoms with Crippen LogP contribution in [0.4, 0.5) is 5.69 Å². The first-order valence-electron chi connectivity index (χ1n) is 8.51. The van der Waals surface area contributed by atoms with Gasteiger partial charge in [0.2, 0.25) is 11.8 Å². The zero-order valence-corrected chi connectivity index (χ0v) is 13.5. The Labute approximate surface area is 136 Å². The Morgan fingerprint density at radius 2 is 1.74 bits per heavy atom. The standard InChI is InChI=1S/C18H24N2O3/c1-2-23-14-9-7-13(8-10-14)20-18(22)16-11-15(16)17(21)19-12-5-3-4-6-12/h7-10,12,15-16H,2-6,11H2,1H3,(H,19,21)(H,20,22). The van der Waals surface area contributed by atoms with Gasteiger partial charge >= 0.3 is 0 Å². The van der Waals surface area contributed by atoms with Gasteiger partial charge in [-0.15, -0.1) is 0 Å². The molecule has 0 spiro atoms. The lowest BCUT2D eigenvalue weighted by molar-refractivity contribution is -0.125. The minimum atomic E-state index is -0.192. The molecule has 0 bridgehead atoms. The van der Waals surface area contributed by atoms with E-state index in [1.807, 2.05) is 31.2 Å². The third-order valence-electron chi connectivity index (χ3n) is 4.60. The van der Waals surface area contributed by atoms with Gasteiger partial charge in [-0.05, 0) is 50.5 Å². The predicted octanol–water partition coefficient (Wildman–Crippen LogP) is 2.72. The van der Waals surface area contributed by atoms with Gasteiger partial charge in [-0.25, -0.2) is 0 Å². The van der Waals surface area contributed by atoms with Gasteiger partial charge in [0.15, 0.2) is 0 Å². The summed E-state index contributed by atoms with van der Waals surface area (Å²) in [5, 5.41) is 5.95. The van der Waals surface area contributed by atoms with Gasteiger partial charge in [-0.3, -0.25) is 9.59 Å². The number of carbonyl (C=O) groups is 2. The quantitative estimate of drug-likeness (QED) is 0.848. The molecule has 0 aromatic heterocycles. The van der Waals surface area contributed by atoms with Crippen molar-refractivity contribution in [2.45, 2.75) is 45.1 Å². The average Bonchev–Trinajstić information content (AvgIpc) is 3.20. The molecule has 2 fully saturated rings. The number of nitrogens with one attached hydrogen (secondary N) is 2. The van der Waals surface area contributed by atoms with Crippen molar-refractivity contribution in [2.24, 2.45) is 11.8 Å². The van der Waals surface area contributed by atoms with Crippen molar-refractivity contribution < 1.29 is 14.3 Å². The fraction of sp³-hybridized carbons (Fsp3) is 0.556. The molecule has 2 aliphatic rings. The molecule has 5 nitrogen and oxygen atoms in total. The third kappa shape index (κ3) is 4.03. The highest BCUT2D eigenvalue weighted by Crippen LogP contribution is 2.40. The highest BCUT2D eigenvalue weighted by Gasteiger charge is 2.48. The molecule has 23 heavy (non-hydrogen) atoms. The van der Waals surface area contributed by atoms with Crippen LogP contribution in [0.1, 0.15) is 39.0 Å². The number of anilines is 1. The van der Waals surface area contributed by atoms with E-state index in [1.54, 1.807) is 0 Å². The summed E-state index contributed by atoms with van der Waals surface area (Å²) in [6.07, 6.45) is 5.18. The lowest BCUT2D eigenvalue weighted by atomic mass is 10.2. The van der Waals surface area contributed by atoms with E-state index in [1.165, 1.54) is 12.8 Å². The minimum Gasteiger partial charge on any atom is -0.494 e. The van der Waals surface area contributed by atoms with Crippen molar-refractivity contribution in [3.05, 3.63) is 24.3 Å². The van der Waals surface area contributed by atoms with Crippen molar-refractivity contribution in [2.75, 3.05) is 11.9 Å². The van der Waals surface area contributed by atoms with Crippen LogP contribution in [0, 0.1) is 11.8 Å². The molecule has 0 radical (unpaired) electrons. The zero-order valence-electron chi connectivity index (χ0n) is 13.5. The number of carbonyl (C=O) groups excluding carboxylic acids is 2. The molecule has 2 aliphatic carbocycles. The first-order valence-corrected chi connectivity index (χ1v) is 8.51. The van der Waals surface area contributed by atoms with Crippen LogP contribution >= 0.6 is 0 Å². The highest BCUT2D eigenvalue weighted by atomic mass is 16.5. The second kappa shape index (κ2) is 7.02. The van der Waals surface area contributed by atoms with Gasteiger partial charge in [-0.2, -0.15) is 0 Å². The molecule has 1 aromatic carbocycles. The van der Waals surface area contributed by atoms with E-state index in [0.29, 0.717) is 19.1 Å². The van der Waals surface area contributed by atoms with Crippen molar-refractivity contribution in [3.63, 3.8) is 0 Å². The Balaban J connectivity index is 1.46. The van der Waals surface area contributed by atoms with Gasteiger partial charge < -0.3 is 15.4 Å². The Bertz CT molecular complexity index is 564. The number of hydrogen-bond donors (Lipinski definition) is 2.